The molecule has 0 spiro atoms. The number of rotatable bonds is 4. The van der Waals surface area contributed by atoms with Crippen molar-refractivity contribution in [1.29, 1.82) is 0 Å². The van der Waals surface area contributed by atoms with Gasteiger partial charge in [0.2, 0.25) is 0 Å². The van der Waals surface area contributed by atoms with Gasteiger partial charge < -0.3 is 10.4 Å². The van der Waals surface area contributed by atoms with Crippen molar-refractivity contribution in [2.75, 3.05) is 0 Å². The van der Waals surface area contributed by atoms with E-state index in [-0.39, 0.29) is 17.5 Å². The molecular weight excluding hydrogens is 308 g/mol. The van der Waals surface area contributed by atoms with Crippen molar-refractivity contribution in [3.8, 4) is 5.69 Å². The molecule has 2 aromatic rings. The Balaban J connectivity index is 2.61. The van der Waals surface area contributed by atoms with Crippen molar-refractivity contribution in [3.63, 3.8) is 0 Å². The highest BCUT2D eigenvalue weighted by Gasteiger charge is 2.17. The molecule has 0 saturated heterocycles. The summed E-state index contributed by atoms with van der Waals surface area (Å²) in [7, 11) is 0. The van der Waals surface area contributed by atoms with Crippen molar-refractivity contribution in [1.82, 2.24) is 9.88 Å². The molecule has 0 atom stereocenters. The van der Waals surface area contributed by atoms with Gasteiger partial charge in [-0.15, -0.1) is 0 Å². The van der Waals surface area contributed by atoms with E-state index in [9.17, 15) is 19.5 Å². The van der Waals surface area contributed by atoms with Crippen LogP contribution >= 0.6 is 0 Å². The molecule has 0 aliphatic carbocycles. The first kappa shape index (κ1) is 17.5. The summed E-state index contributed by atoms with van der Waals surface area (Å²) in [5.74, 6) is -1.51. The van der Waals surface area contributed by atoms with Crippen LogP contribution in [-0.2, 0) is 0 Å². The molecule has 6 heteroatoms. The summed E-state index contributed by atoms with van der Waals surface area (Å²) in [5, 5.41) is 12.0. The number of nitrogens with zero attached hydrogens (tertiary/aromatic N) is 1. The third-order valence-electron chi connectivity index (χ3n) is 3.67. The maximum atomic E-state index is 12.5. The van der Waals surface area contributed by atoms with E-state index in [4.69, 9.17) is 0 Å². The summed E-state index contributed by atoms with van der Waals surface area (Å²) >= 11 is 0. The second kappa shape index (κ2) is 6.70. The van der Waals surface area contributed by atoms with Crippen LogP contribution in [0.4, 0.5) is 0 Å². The Morgan fingerprint density at radius 3 is 2.38 bits per heavy atom. The van der Waals surface area contributed by atoms with Gasteiger partial charge in [-0.1, -0.05) is 6.07 Å². The first-order chi connectivity index (χ1) is 11.2. The van der Waals surface area contributed by atoms with Gasteiger partial charge in [0.15, 0.2) is 0 Å². The maximum absolute atomic E-state index is 12.5. The molecule has 0 saturated carbocycles. The molecule has 1 heterocycles. The van der Waals surface area contributed by atoms with Crippen LogP contribution in [0.1, 0.15) is 45.7 Å². The normalized spacial score (nSPS) is 10.7. The summed E-state index contributed by atoms with van der Waals surface area (Å²) in [4.78, 5) is 36.0. The van der Waals surface area contributed by atoms with E-state index in [0.717, 1.165) is 5.56 Å². The monoisotopic (exact) mass is 328 g/mol. The number of carboxylic acids is 1. The molecule has 0 radical (unpaired) electrons. The molecule has 24 heavy (non-hydrogen) atoms. The van der Waals surface area contributed by atoms with Crippen LogP contribution < -0.4 is 10.9 Å². The third kappa shape index (κ3) is 3.37. The summed E-state index contributed by atoms with van der Waals surface area (Å²) in [6, 6.07) is 6.56. The van der Waals surface area contributed by atoms with Gasteiger partial charge in [-0.25, -0.2) is 4.79 Å². The Morgan fingerprint density at radius 1 is 1.12 bits per heavy atom. The van der Waals surface area contributed by atoms with Crippen LogP contribution in [0, 0.1) is 13.8 Å². The lowest BCUT2D eigenvalue weighted by molar-refractivity contribution is 0.0693. The molecule has 0 fully saturated rings. The number of hydrogen-bond donors (Lipinski definition) is 2. The largest absolute Gasteiger partial charge is 0.477 e. The number of hydrogen-bond acceptors (Lipinski definition) is 3. The average Bonchev–Trinajstić information content (AvgIpc) is 2.47. The fourth-order valence-electron chi connectivity index (χ4n) is 2.43. The van der Waals surface area contributed by atoms with E-state index >= 15 is 0 Å². The van der Waals surface area contributed by atoms with Crippen LogP contribution in [0.5, 0.6) is 0 Å². The zero-order chi connectivity index (χ0) is 18.0. The Kier molecular flexibility index (Phi) is 4.87. The Morgan fingerprint density at radius 2 is 1.79 bits per heavy atom. The second-order valence-corrected chi connectivity index (χ2v) is 5.98. The summed E-state index contributed by atoms with van der Waals surface area (Å²) in [6.45, 7) is 7.09. The smallest absolute Gasteiger partial charge is 0.341 e. The molecule has 1 amide bonds. The van der Waals surface area contributed by atoms with Crippen LogP contribution in [0.2, 0.25) is 0 Å². The predicted molar refractivity (Wildman–Crippen MR) is 91.1 cm³/mol. The molecule has 126 valence electrons. The van der Waals surface area contributed by atoms with Gasteiger partial charge in [0.05, 0.1) is 5.69 Å². The highest BCUT2D eigenvalue weighted by molar-refractivity contribution is 5.95. The fourth-order valence-corrected chi connectivity index (χ4v) is 2.43. The molecule has 2 rings (SSSR count). The quantitative estimate of drug-likeness (QED) is 0.901. The summed E-state index contributed by atoms with van der Waals surface area (Å²) < 4.78 is 1.26. The minimum absolute atomic E-state index is 0.0111. The van der Waals surface area contributed by atoms with E-state index < -0.39 is 11.5 Å². The van der Waals surface area contributed by atoms with Crippen LogP contribution in [0.3, 0.4) is 0 Å². The topological polar surface area (TPSA) is 88.4 Å². The number of nitrogens with one attached hydrogen (secondary N) is 1. The van der Waals surface area contributed by atoms with Gasteiger partial charge in [0, 0.05) is 17.8 Å². The number of carbonyl (C=O) groups is 2. The maximum Gasteiger partial charge on any atom is 0.341 e. The molecule has 0 unspecified atom stereocenters. The van der Waals surface area contributed by atoms with Crippen LogP contribution in [0.25, 0.3) is 5.69 Å². The standard InChI is InChI=1S/C18H20N2O4/c1-10(2)19-16(21)13-6-5-11(3)14(9-13)20-8-7-12(4)15(17(20)22)18(23)24/h5-10H,1-4H3,(H,19,21)(H,23,24). The van der Waals surface area contributed by atoms with Crippen molar-refractivity contribution >= 4 is 11.9 Å². The Hall–Kier alpha value is -2.89. The predicted octanol–water partition coefficient (Wildman–Crippen LogP) is 2.29. The molecule has 6 nitrogen and oxygen atoms in total. The van der Waals surface area contributed by atoms with Crippen molar-refractivity contribution in [2.45, 2.75) is 33.7 Å². The minimum Gasteiger partial charge on any atom is -0.477 e. The summed E-state index contributed by atoms with van der Waals surface area (Å²) in [6.07, 6.45) is 1.52. The number of aromatic nitrogens is 1. The third-order valence-corrected chi connectivity index (χ3v) is 3.67. The minimum atomic E-state index is -1.27. The fraction of sp³-hybridized carbons (Fsp3) is 0.278. The second-order valence-electron chi connectivity index (χ2n) is 5.98. The number of aromatic carboxylic acids is 1. The first-order valence-electron chi connectivity index (χ1n) is 7.59. The first-order valence-corrected chi connectivity index (χ1v) is 7.59. The van der Waals surface area contributed by atoms with E-state index in [0.29, 0.717) is 16.8 Å². The molecule has 1 aromatic carbocycles. The van der Waals surface area contributed by atoms with Crippen molar-refractivity contribution in [3.05, 3.63) is 63.1 Å². The highest BCUT2D eigenvalue weighted by atomic mass is 16.4. The molecule has 1 aromatic heterocycles. The van der Waals surface area contributed by atoms with Crippen molar-refractivity contribution < 1.29 is 14.7 Å². The van der Waals surface area contributed by atoms with Gasteiger partial charge in [-0.05, 0) is 57.0 Å². The van der Waals surface area contributed by atoms with Crippen LogP contribution in [0.15, 0.2) is 35.3 Å². The van der Waals surface area contributed by atoms with Gasteiger partial charge >= 0.3 is 5.97 Å². The Bertz CT molecular complexity index is 866. The lowest BCUT2D eigenvalue weighted by Gasteiger charge is -2.14. The van der Waals surface area contributed by atoms with Crippen molar-refractivity contribution in [2.24, 2.45) is 0 Å². The Labute approximate surface area is 139 Å². The highest BCUT2D eigenvalue weighted by Crippen LogP contribution is 2.16. The lowest BCUT2D eigenvalue weighted by Crippen LogP contribution is -2.30. The van der Waals surface area contributed by atoms with E-state index in [1.54, 1.807) is 38.1 Å². The molecule has 0 bridgehead atoms. The van der Waals surface area contributed by atoms with Crippen LogP contribution in [-0.4, -0.2) is 27.6 Å². The lowest BCUT2D eigenvalue weighted by atomic mass is 10.1. The molecule has 0 aliphatic rings. The SMILES string of the molecule is Cc1ccc(C(=O)NC(C)C)cc1-n1ccc(C)c(C(=O)O)c1=O. The van der Waals surface area contributed by atoms with E-state index in [1.807, 2.05) is 13.8 Å². The zero-order valence-electron chi connectivity index (χ0n) is 14.1. The van der Waals surface area contributed by atoms with Gasteiger partial charge in [0.25, 0.3) is 11.5 Å². The van der Waals surface area contributed by atoms with Gasteiger partial charge in [0.1, 0.15) is 5.56 Å². The zero-order valence-corrected chi connectivity index (χ0v) is 14.1. The van der Waals surface area contributed by atoms with E-state index in [2.05, 4.69) is 5.32 Å². The number of pyridine rings is 1. The summed E-state index contributed by atoms with van der Waals surface area (Å²) in [5.41, 5.74) is 1.17. The number of aryl methyl sites for hydroxylation is 2. The molecular formula is C18H20N2O4. The number of carboxylic acid groups (broad SMARTS) is 1. The van der Waals surface area contributed by atoms with E-state index in [1.165, 1.54) is 10.8 Å². The number of carbonyl (C=O) groups excluding carboxylic acids is 1. The van der Waals surface area contributed by atoms with Gasteiger partial charge in [-0.3, -0.25) is 14.2 Å². The molecule has 0 aliphatic heterocycles. The van der Waals surface area contributed by atoms with Gasteiger partial charge in [-0.2, -0.15) is 0 Å². The average molecular weight is 328 g/mol. The number of benzene rings is 1. The number of amides is 1. The molecule has 2 N–H and O–H groups in total.